The van der Waals surface area contributed by atoms with Gasteiger partial charge in [0, 0.05) is 0 Å². The topological polar surface area (TPSA) is 92.3 Å². The zero-order valence-corrected chi connectivity index (χ0v) is 78.7. The van der Waals surface area contributed by atoms with Gasteiger partial charge >= 0.3 is 42.4 Å². The highest BCUT2D eigenvalue weighted by atomic mass is 127. The van der Waals surface area contributed by atoms with Gasteiger partial charge in [0.2, 0.25) is 29.1 Å². The van der Waals surface area contributed by atoms with Crippen LogP contribution in [-0.2, 0) is 0 Å². The van der Waals surface area contributed by atoms with Crippen molar-refractivity contribution in [1.82, 2.24) is 0 Å². The third-order valence-electron chi connectivity index (χ3n) is 22.1. The van der Waals surface area contributed by atoms with E-state index in [-0.39, 0.29) is 42.4 Å². The van der Waals surface area contributed by atoms with Gasteiger partial charge in [0.1, 0.15) is 30.3 Å². The summed E-state index contributed by atoms with van der Waals surface area (Å²) in [5.41, 5.74) is 0. The average molecular weight is 1860 g/mol. The van der Waals surface area contributed by atoms with Gasteiger partial charge in [-0.2, -0.15) is 8.78 Å². The van der Waals surface area contributed by atoms with Gasteiger partial charge in [-0.3, -0.25) is 0 Å². The number of hydrogen-bond donors (Lipinski definition) is 0. The van der Waals surface area contributed by atoms with Gasteiger partial charge in [0.05, 0.1) is 26.4 Å². The summed E-state index contributed by atoms with van der Waals surface area (Å²) in [4.78, 5) is 0. The molecule has 5 rings (SSSR count). The first-order chi connectivity index (χ1) is 57.5. The molecule has 117 heavy (non-hydrogen) atoms. The minimum atomic E-state index is -3.20. The zero-order valence-electron chi connectivity index (χ0n) is 74.4. The number of benzene rings is 5. The Balaban J connectivity index is 0.000000513. The van der Waals surface area contributed by atoms with Crippen molar-refractivity contribution in [1.29, 1.82) is 0 Å². The SMILES string of the molecule is CCCCCCCCCCCCCCCCCCOc1ccc([I+]c2ccc(OCCCCCCCCCCCCCCCCCC)cc2)cc1.CCCCCCCCCCCCCCCCCCOc1ccc([I+]c2ccc(OCCCCCCCCCCCCCCCCCC)cc2)cc1.[O-]B([O-])Oc1c(F)c(F)c(F)c(F)c1F. The molecule has 0 radical (unpaired) electrons. The Bertz CT molecular complexity index is 2620. The van der Waals surface area contributed by atoms with E-state index in [9.17, 15) is 32.0 Å². The molecule has 0 saturated carbocycles. The standard InChI is InChI=1S/2C48H82IO2.C6BF5O3/c2*1-3-5-7-9-11-13-15-17-19-21-23-25-27-29-31-33-43-50-47-39-35-45(36-40-47)49-46-37-41-48(42-38-46)51-44-34-32-30-28-26-24-22-20-18-16-14-12-10-8-6-4-2;8-1-2(9)4(11)6(15-7(13)14)5(12)3(1)10/h2*35-42H,3-34,43-44H2,1-2H3;/q2*+1;-2. The third kappa shape index (κ3) is 62.0. The van der Waals surface area contributed by atoms with E-state index in [0.717, 1.165) is 49.4 Å². The summed E-state index contributed by atoms with van der Waals surface area (Å²) in [6, 6.07) is 35.4. The summed E-state index contributed by atoms with van der Waals surface area (Å²) in [6.45, 7) is 12.6. The van der Waals surface area contributed by atoms with Crippen LogP contribution in [0.2, 0.25) is 0 Å². The molecule has 7 nitrogen and oxygen atoms in total. The predicted molar refractivity (Wildman–Crippen MR) is 473 cm³/mol. The van der Waals surface area contributed by atoms with E-state index in [0.29, 0.717) is 0 Å². The molecule has 0 aliphatic heterocycles. The van der Waals surface area contributed by atoms with Crippen LogP contribution >= 0.6 is 0 Å². The lowest BCUT2D eigenvalue weighted by Crippen LogP contribution is -3.61. The molecule has 0 aromatic heterocycles. The van der Waals surface area contributed by atoms with Crippen molar-refractivity contribution in [2.75, 3.05) is 26.4 Å². The van der Waals surface area contributed by atoms with E-state index in [1.807, 2.05) is 0 Å². The molecule has 0 saturated heterocycles. The van der Waals surface area contributed by atoms with Crippen molar-refractivity contribution in [2.45, 2.75) is 439 Å². The summed E-state index contributed by atoms with van der Waals surface area (Å²) >= 11 is -0.362. The molecule has 0 spiro atoms. The number of unbranched alkanes of at least 4 members (excludes halogenated alkanes) is 60. The molecule has 5 aromatic carbocycles. The minimum Gasteiger partial charge on any atom is -0.860 e. The van der Waals surface area contributed by atoms with Gasteiger partial charge in [-0.15, -0.1) is 0 Å². The molecular weight excluding hydrogens is 1700 g/mol. The fraction of sp³-hybridized carbons (Fsp3) is 0.706. The van der Waals surface area contributed by atoms with E-state index < -0.39 is 42.2 Å². The van der Waals surface area contributed by atoms with Gasteiger partial charge in [-0.25, -0.2) is 13.2 Å². The fourth-order valence-electron chi connectivity index (χ4n) is 14.8. The van der Waals surface area contributed by atoms with Crippen LogP contribution in [0.4, 0.5) is 22.0 Å². The second-order valence-corrected chi connectivity index (χ2v) is 39.0. The molecule has 0 aliphatic carbocycles. The second kappa shape index (κ2) is 79.4. The summed E-state index contributed by atoms with van der Waals surface area (Å²) in [5, 5.41) is 19.7. The van der Waals surface area contributed by atoms with Gasteiger partial charge < -0.3 is 33.6 Å². The average Bonchev–Trinajstić information content (AvgIpc) is 0.798. The molecular formula is C102H164BF5I2O7. The molecule has 666 valence electrons. The largest absolute Gasteiger partial charge is 0.860 e. The van der Waals surface area contributed by atoms with Crippen LogP contribution in [-0.4, -0.2) is 33.7 Å². The summed E-state index contributed by atoms with van der Waals surface area (Å²) in [6.07, 6.45) is 89.8. The first-order valence-corrected chi connectivity index (χ1v) is 52.5. The third-order valence-corrected chi connectivity index (χ3v) is 27.5. The van der Waals surface area contributed by atoms with E-state index in [2.05, 4.69) is 129 Å². The van der Waals surface area contributed by atoms with E-state index >= 15 is 0 Å². The van der Waals surface area contributed by atoms with Gasteiger partial charge in [-0.1, -0.05) is 413 Å². The molecule has 0 N–H and O–H groups in total. The number of halogens is 7. The molecule has 5 aromatic rings. The quantitative estimate of drug-likeness (QED) is 0.00956. The van der Waals surface area contributed by atoms with Crippen LogP contribution in [0.15, 0.2) is 97.1 Å². The van der Waals surface area contributed by atoms with Crippen molar-refractivity contribution in [2.24, 2.45) is 0 Å². The van der Waals surface area contributed by atoms with Crippen LogP contribution in [0.1, 0.15) is 439 Å². The molecule has 0 heterocycles. The van der Waals surface area contributed by atoms with Crippen molar-refractivity contribution >= 4 is 7.32 Å². The molecule has 0 amide bonds. The van der Waals surface area contributed by atoms with Crippen molar-refractivity contribution in [3.8, 4) is 28.7 Å². The zero-order chi connectivity index (χ0) is 84.0. The Kier molecular flexibility index (Phi) is 72.9. The van der Waals surface area contributed by atoms with Crippen molar-refractivity contribution < 1.29 is 98.0 Å². The van der Waals surface area contributed by atoms with Crippen LogP contribution in [0.3, 0.4) is 0 Å². The number of ether oxygens (including phenoxy) is 4. The highest BCUT2D eigenvalue weighted by Crippen LogP contribution is 2.30. The highest BCUT2D eigenvalue weighted by Gasteiger charge is 2.26. The Morgan fingerprint density at radius 2 is 0.342 bits per heavy atom. The smallest absolute Gasteiger partial charge is 0.357 e. The van der Waals surface area contributed by atoms with Gasteiger partial charge in [0.25, 0.3) is 0 Å². The summed E-state index contributed by atoms with van der Waals surface area (Å²) < 4.78 is 95.8. The van der Waals surface area contributed by atoms with Gasteiger partial charge in [-0.05, 0) is 123 Å². The first-order valence-electron chi connectivity index (χ1n) is 48.2. The maximum atomic E-state index is 12.6. The molecule has 0 atom stereocenters. The lowest BCUT2D eigenvalue weighted by Gasteiger charge is -2.27. The summed E-state index contributed by atoms with van der Waals surface area (Å²) in [5.74, 6) is -9.50. The van der Waals surface area contributed by atoms with E-state index in [1.165, 1.54) is 425 Å². The molecule has 0 aliphatic rings. The second-order valence-electron chi connectivity index (χ2n) is 32.9. The Morgan fingerprint density at radius 3 is 0.487 bits per heavy atom. The van der Waals surface area contributed by atoms with Gasteiger partial charge in [0.15, 0.2) is 20.0 Å². The Labute approximate surface area is 734 Å². The molecule has 0 unspecified atom stereocenters. The lowest BCUT2D eigenvalue weighted by molar-refractivity contribution is -0.597. The lowest BCUT2D eigenvalue weighted by atomic mass is 10.0. The Hall–Kier alpha value is -3.81. The van der Waals surface area contributed by atoms with Crippen LogP contribution in [0.25, 0.3) is 0 Å². The fourth-order valence-corrected chi connectivity index (χ4v) is 19.1. The maximum Gasteiger partial charge on any atom is 0.357 e. The monoisotopic (exact) mass is 1860 g/mol. The Morgan fingerprint density at radius 1 is 0.205 bits per heavy atom. The molecule has 0 bridgehead atoms. The molecule has 15 heteroatoms. The van der Waals surface area contributed by atoms with Crippen molar-refractivity contribution in [3.63, 3.8) is 0 Å². The predicted octanol–water partition coefficient (Wildman–Crippen LogP) is 25.7. The van der Waals surface area contributed by atoms with E-state index in [1.54, 1.807) is 0 Å². The maximum absolute atomic E-state index is 12.6. The normalized spacial score (nSPS) is 11.2. The van der Waals surface area contributed by atoms with Crippen LogP contribution in [0.5, 0.6) is 28.7 Å². The van der Waals surface area contributed by atoms with Crippen molar-refractivity contribution in [3.05, 3.63) is 140 Å². The minimum absolute atomic E-state index is 0.181. The van der Waals surface area contributed by atoms with Crippen LogP contribution < -0.4 is 76.1 Å². The molecule has 0 fully saturated rings. The summed E-state index contributed by atoms with van der Waals surface area (Å²) in [7, 11) is -3.20. The highest BCUT2D eigenvalue weighted by molar-refractivity contribution is 6.29. The van der Waals surface area contributed by atoms with E-state index in [4.69, 9.17) is 18.9 Å². The number of hydrogen-bond acceptors (Lipinski definition) is 7. The number of rotatable bonds is 78. The van der Waals surface area contributed by atoms with Crippen LogP contribution in [0, 0.1) is 43.4 Å². The first kappa shape index (κ1) is 107.